The van der Waals surface area contributed by atoms with E-state index in [2.05, 4.69) is 9.05 Å². The highest BCUT2D eigenvalue weighted by Gasteiger charge is 2.18. The van der Waals surface area contributed by atoms with Crippen LogP contribution in [0.15, 0.2) is 24.3 Å². The van der Waals surface area contributed by atoms with Gasteiger partial charge in [0.05, 0.1) is 6.61 Å². The SMILES string of the molecule is COP(=O)(O)OCCC(=O)c1cccc(O)c1. The number of ketones is 1. The summed E-state index contributed by atoms with van der Waals surface area (Å²) in [5, 5.41) is 9.17. The molecule has 0 aliphatic heterocycles. The van der Waals surface area contributed by atoms with Gasteiger partial charge in [0.1, 0.15) is 5.75 Å². The summed E-state index contributed by atoms with van der Waals surface area (Å²) in [5.74, 6) is -0.307. The zero-order chi connectivity index (χ0) is 12.9. The highest BCUT2D eigenvalue weighted by molar-refractivity contribution is 7.47. The van der Waals surface area contributed by atoms with Crippen LogP contribution in [-0.2, 0) is 13.6 Å². The van der Waals surface area contributed by atoms with Crippen LogP contribution in [-0.4, -0.2) is 29.5 Å². The van der Waals surface area contributed by atoms with Crippen LogP contribution in [0.5, 0.6) is 5.75 Å². The van der Waals surface area contributed by atoms with E-state index in [0.717, 1.165) is 7.11 Å². The summed E-state index contributed by atoms with van der Waals surface area (Å²) in [6.07, 6.45) is -0.0721. The number of phosphoric ester groups is 1. The van der Waals surface area contributed by atoms with E-state index >= 15 is 0 Å². The molecule has 94 valence electrons. The number of phenols is 1. The lowest BCUT2D eigenvalue weighted by Crippen LogP contribution is -2.04. The molecule has 1 rings (SSSR count). The molecule has 1 aromatic rings. The Morgan fingerprint density at radius 3 is 2.76 bits per heavy atom. The average molecular weight is 260 g/mol. The summed E-state index contributed by atoms with van der Waals surface area (Å²) in [5.41, 5.74) is 0.318. The summed E-state index contributed by atoms with van der Waals surface area (Å²) < 4.78 is 19.6. The number of carbonyl (C=O) groups excluding carboxylic acids is 1. The molecule has 0 spiro atoms. The van der Waals surface area contributed by atoms with Crippen LogP contribution in [0.3, 0.4) is 0 Å². The van der Waals surface area contributed by atoms with Gasteiger partial charge in [-0.25, -0.2) is 4.57 Å². The molecule has 0 aromatic heterocycles. The number of carbonyl (C=O) groups is 1. The van der Waals surface area contributed by atoms with E-state index in [0.29, 0.717) is 5.56 Å². The van der Waals surface area contributed by atoms with Gasteiger partial charge in [-0.1, -0.05) is 12.1 Å². The number of hydrogen-bond acceptors (Lipinski definition) is 5. The first-order valence-corrected chi connectivity index (χ1v) is 6.29. The zero-order valence-electron chi connectivity index (χ0n) is 9.20. The normalized spacial score (nSPS) is 14.2. The van der Waals surface area contributed by atoms with Crippen LogP contribution in [0, 0.1) is 0 Å². The fourth-order valence-electron chi connectivity index (χ4n) is 1.13. The van der Waals surface area contributed by atoms with Gasteiger partial charge in [-0.15, -0.1) is 0 Å². The quantitative estimate of drug-likeness (QED) is 0.597. The Hall–Kier alpha value is -1.20. The third-order valence-electron chi connectivity index (χ3n) is 1.98. The molecule has 0 bridgehead atoms. The van der Waals surface area contributed by atoms with Crippen LogP contribution in [0.1, 0.15) is 16.8 Å². The van der Waals surface area contributed by atoms with Crippen molar-refractivity contribution in [2.45, 2.75) is 6.42 Å². The van der Waals surface area contributed by atoms with Gasteiger partial charge in [0.15, 0.2) is 5.78 Å². The number of phosphoric acid groups is 1. The second kappa shape index (κ2) is 5.93. The summed E-state index contributed by atoms with van der Waals surface area (Å²) in [6, 6.07) is 5.84. The van der Waals surface area contributed by atoms with Crippen LogP contribution in [0.25, 0.3) is 0 Å². The second-order valence-corrected chi connectivity index (χ2v) is 4.77. The molecule has 1 unspecified atom stereocenters. The molecule has 0 aliphatic carbocycles. The van der Waals surface area contributed by atoms with E-state index in [-0.39, 0.29) is 24.6 Å². The Labute approximate surface area is 98.4 Å². The van der Waals surface area contributed by atoms with Crippen molar-refractivity contribution in [3.05, 3.63) is 29.8 Å². The molecule has 6 nitrogen and oxygen atoms in total. The molecule has 0 saturated carbocycles. The number of Topliss-reactive ketones (excluding diaryl/α,β-unsaturated/α-hetero) is 1. The molecule has 1 aromatic carbocycles. The number of rotatable bonds is 6. The molecular formula is C10H13O6P. The predicted octanol–water partition coefficient (Wildman–Crippen LogP) is 1.73. The van der Waals surface area contributed by atoms with Crippen molar-refractivity contribution >= 4 is 13.6 Å². The maximum Gasteiger partial charge on any atom is 0.471 e. The molecule has 17 heavy (non-hydrogen) atoms. The topological polar surface area (TPSA) is 93.1 Å². The summed E-state index contributed by atoms with van der Waals surface area (Å²) in [4.78, 5) is 20.5. The minimum Gasteiger partial charge on any atom is -0.508 e. The monoisotopic (exact) mass is 260 g/mol. The number of phenolic OH excluding ortho intramolecular Hbond substituents is 1. The maximum atomic E-state index is 11.6. The van der Waals surface area contributed by atoms with Gasteiger partial charge in [0, 0.05) is 19.1 Å². The average Bonchev–Trinajstić information content (AvgIpc) is 2.28. The van der Waals surface area contributed by atoms with Gasteiger partial charge < -0.3 is 10.00 Å². The van der Waals surface area contributed by atoms with Crippen molar-refractivity contribution in [3.63, 3.8) is 0 Å². The molecule has 0 aliphatic rings. The van der Waals surface area contributed by atoms with Crippen molar-refractivity contribution in [1.29, 1.82) is 0 Å². The first kappa shape index (κ1) is 13.9. The van der Waals surface area contributed by atoms with E-state index in [1.165, 1.54) is 24.3 Å². The molecule has 0 amide bonds. The zero-order valence-corrected chi connectivity index (χ0v) is 10.1. The molecular weight excluding hydrogens is 247 g/mol. The van der Waals surface area contributed by atoms with Crippen molar-refractivity contribution in [2.24, 2.45) is 0 Å². The largest absolute Gasteiger partial charge is 0.508 e. The van der Waals surface area contributed by atoms with Crippen LogP contribution < -0.4 is 0 Å². The first-order valence-electron chi connectivity index (χ1n) is 4.80. The van der Waals surface area contributed by atoms with Crippen LogP contribution in [0.4, 0.5) is 0 Å². The molecule has 0 radical (unpaired) electrons. The van der Waals surface area contributed by atoms with Gasteiger partial charge >= 0.3 is 7.82 Å². The lowest BCUT2D eigenvalue weighted by atomic mass is 10.1. The van der Waals surface area contributed by atoms with Gasteiger partial charge in [-0.2, -0.15) is 0 Å². The smallest absolute Gasteiger partial charge is 0.471 e. The van der Waals surface area contributed by atoms with E-state index in [4.69, 9.17) is 10.00 Å². The highest BCUT2D eigenvalue weighted by atomic mass is 31.2. The molecule has 1 atom stereocenters. The van der Waals surface area contributed by atoms with E-state index in [1.807, 2.05) is 0 Å². The van der Waals surface area contributed by atoms with Crippen molar-refractivity contribution in [3.8, 4) is 5.75 Å². The minimum absolute atomic E-state index is 0.0125. The Morgan fingerprint density at radius 1 is 1.47 bits per heavy atom. The Morgan fingerprint density at radius 2 is 2.18 bits per heavy atom. The summed E-state index contributed by atoms with van der Waals surface area (Å²) >= 11 is 0. The molecule has 2 N–H and O–H groups in total. The Bertz CT molecular complexity index is 444. The number of benzene rings is 1. The van der Waals surface area contributed by atoms with Crippen molar-refractivity contribution < 1.29 is 28.4 Å². The molecule has 7 heteroatoms. The third-order valence-corrected chi connectivity index (χ3v) is 2.95. The van der Waals surface area contributed by atoms with Crippen LogP contribution in [0.2, 0.25) is 0 Å². The number of hydrogen-bond donors (Lipinski definition) is 2. The van der Waals surface area contributed by atoms with Gasteiger partial charge in [0.25, 0.3) is 0 Å². The van der Waals surface area contributed by atoms with Crippen molar-refractivity contribution in [2.75, 3.05) is 13.7 Å². The highest BCUT2D eigenvalue weighted by Crippen LogP contribution is 2.41. The molecule has 0 fully saturated rings. The van der Waals surface area contributed by atoms with Crippen LogP contribution >= 0.6 is 7.82 Å². The Balaban J connectivity index is 2.48. The van der Waals surface area contributed by atoms with E-state index in [9.17, 15) is 9.36 Å². The fraction of sp³-hybridized carbons (Fsp3) is 0.300. The number of aromatic hydroxyl groups is 1. The lowest BCUT2D eigenvalue weighted by Gasteiger charge is -2.08. The van der Waals surface area contributed by atoms with E-state index in [1.54, 1.807) is 0 Å². The van der Waals surface area contributed by atoms with Gasteiger partial charge in [0.2, 0.25) is 0 Å². The third kappa shape index (κ3) is 4.66. The predicted molar refractivity (Wildman–Crippen MR) is 59.8 cm³/mol. The lowest BCUT2D eigenvalue weighted by molar-refractivity contribution is 0.0947. The fourth-order valence-corrected chi connectivity index (χ4v) is 1.56. The van der Waals surface area contributed by atoms with E-state index < -0.39 is 7.82 Å². The second-order valence-electron chi connectivity index (χ2n) is 3.21. The summed E-state index contributed by atoms with van der Waals surface area (Å²) in [6.45, 7) is -0.226. The maximum absolute atomic E-state index is 11.6. The minimum atomic E-state index is -4.03. The van der Waals surface area contributed by atoms with Crippen molar-refractivity contribution in [1.82, 2.24) is 0 Å². The summed E-state index contributed by atoms with van der Waals surface area (Å²) in [7, 11) is -2.99. The van der Waals surface area contributed by atoms with Gasteiger partial charge in [-0.05, 0) is 12.1 Å². The molecule has 0 heterocycles. The van der Waals surface area contributed by atoms with Gasteiger partial charge in [-0.3, -0.25) is 13.8 Å². The molecule has 0 saturated heterocycles. The Kier molecular flexibility index (Phi) is 4.84. The standard InChI is InChI=1S/C10H13O6P/c1-15-17(13,14)16-6-5-10(12)8-3-2-4-9(11)7-8/h2-4,7,11H,5-6H2,1H3,(H,13,14). The first-order chi connectivity index (χ1) is 7.94.